The number of aliphatic imine (C=N–C) groups is 2. The Kier molecular flexibility index (Phi) is 5.71. The van der Waals surface area contributed by atoms with Crippen LogP contribution < -0.4 is 0 Å². The molecule has 2 rings (SSSR count). The Morgan fingerprint density at radius 2 is 2.00 bits per heavy atom. The lowest BCUT2D eigenvalue weighted by Crippen LogP contribution is -2.01. The molecule has 2 heteroatoms. The van der Waals surface area contributed by atoms with Gasteiger partial charge < -0.3 is 0 Å². The topological polar surface area (TPSA) is 24.7 Å². The van der Waals surface area contributed by atoms with E-state index in [1.54, 1.807) is 6.08 Å². The van der Waals surface area contributed by atoms with E-state index in [9.17, 15) is 0 Å². The van der Waals surface area contributed by atoms with Crippen LogP contribution in [0.5, 0.6) is 0 Å². The molecule has 0 radical (unpaired) electrons. The van der Waals surface area contributed by atoms with Crippen LogP contribution in [-0.2, 0) is 0 Å². The molecule has 0 N–H and O–H groups in total. The Balaban J connectivity index is 2.17. The molecule has 2 nitrogen and oxygen atoms in total. The molecular formula is C18H20N2. The molecule has 0 saturated heterocycles. The van der Waals surface area contributed by atoms with Gasteiger partial charge in [-0.3, -0.25) is 9.98 Å². The lowest BCUT2D eigenvalue weighted by Gasteiger charge is -2.11. The predicted molar refractivity (Wildman–Crippen MR) is 88.4 cm³/mol. The Morgan fingerprint density at radius 3 is 2.90 bits per heavy atom. The van der Waals surface area contributed by atoms with Crippen molar-refractivity contribution < 1.29 is 0 Å². The van der Waals surface area contributed by atoms with Crippen molar-refractivity contribution in [1.82, 2.24) is 0 Å². The quantitative estimate of drug-likeness (QED) is 0.677. The zero-order chi connectivity index (χ0) is 14.0. The first-order valence-electron chi connectivity index (χ1n) is 6.98. The fourth-order valence-corrected chi connectivity index (χ4v) is 2.05. The average molecular weight is 264 g/mol. The van der Waals surface area contributed by atoms with Crippen molar-refractivity contribution in [1.29, 1.82) is 0 Å². The van der Waals surface area contributed by atoms with Crippen LogP contribution in [0.2, 0.25) is 0 Å². The van der Waals surface area contributed by atoms with Gasteiger partial charge in [0.1, 0.15) is 0 Å². The van der Waals surface area contributed by atoms with Gasteiger partial charge in [-0.1, -0.05) is 49.1 Å². The maximum atomic E-state index is 4.64. The first-order chi connectivity index (χ1) is 9.90. The average Bonchev–Trinajstić information content (AvgIpc) is 2.49. The molecule has 0 aromatic heterocycles. The molecule has 0 aromatic carbocycles. The molecule has 0 aromatic rings. The van der Waals surface area contributed by atoms with E-state index in [1.807, 2.05) is 30.5 Å². The molecule has 2 aliphatic heterocycles. The van der Waals surface area contributed by atoms with E-state index < -0.39 is 0 Å². The Bertz CT molecular complexity index is 552. The minimum atomic E-state index is 0.644. The summed E-state index contributed by atoms with van der Waals surface area (Å²) in [6, 6.07) is 0. The largest absolute Gasteiger partial charge is 0.279 e. The van der Waals surface area contributed by atoms with Gasteiger partial charge in [-0.15, -0.1) is 0 Å². The van der Waals surface area contributed by atoms with Crippen LogP contribution in [0.15, 0.2) is 82.5 Å². The Morgan fingerprint density at radius 1 is 1.10 bits per heavy atom. The number of nitrogens with zero attached hydrogens (tertiary/aromatic N) is 2. The minimum absolute atomic E-state index is 0.644. The summed E-state index contributed by atoms with van der Waals surface area (Å²) in [4.78, 5) is 9.14. The third kappa shape index (κ3) is 4.47. The number of hydrogen-bond acceptors (Lipinski definition) is 2. The van der Waals surface area contributed by atoms with E-state index in [4.69, 9.17) is 0 Å². The van der Waals surface area contributed by atoms with E-state index >= 15 is 0 Å². The summed E-state index contributed by atoms with van der Waals surface area (Å²) in [7, 11) is 0. The standard InChI is InChI=1S/C18H20N2/c1-2-3-4-7-12-17-13-8-5-6-10-16-11-9-14-19-18(16)15-20-17/h2-4,6-8,10,12-14H,1,5,9,11,15H2/b4-3-,10-6-,12-7+,13-8-,20-17?. The second kappa shape index (κ2) is 8.05. The van der Waals surface area contributed by atoms with E-state index in [1.165, 1.54) is 5.57 Å². The molecule has 0 saturated carbocycles. The second-order valence-electron chi connectivity index (χ2n) is 4.58. The van der Waals surface area contributed by atoms with Gasteiger partial charge in [0.05, 0.1) is 18.0 Å². The molecule has 102 valence electrons. The molecule has 0 bridgehead atoms. The van der Waals surface area contributed by atoms with Crippen LogP contribution in [0.4, 0.5) is 0 Å². The van der Waals surface area contributed by atoms with Gasteiger partial charge >= 0.3 is 0 Å². The lowest BCUT2D eigenvalue weighted by atomic mass is 10.0. The van der Waals surface area contributed by atoms with Gasteiger partial charge in [0.2, 0.25) is 0 Å². The highest BCUT2D eigenvalue weighted by Gasteiger charge is 2.07. The third-order valence-electron chi connectivity index (χ3n) is 3.08. The smallest absolute Gasteiger partial charge is 0.0821 e. The highest BCUT2D eigenvalue weighted by Crippen LogP contribution is 2.19. The number of rotatable bonds is 3. The molecule has 0 fully saturated rings. The molecule has 0 unspecified atom stereocenters. The van der Waals surface area contributed by atoms with E-state index in [0.717, 1.165) is 30.7 Å². The van der Waals surface area contributed by atoms with Crippen LogP contribution in [0.1, 0.15) is 19.3 Å². The summed E-state index contributed by atoms with van der Waals surface area (Å²) >= 11 is 0. The van der Waals surface area contributed by atoms with Gasteiger partial charge in [0, 0.05) is 6.21 Å². The predicted octanol–water partition coefficient (Wildman–Crippen LogP) is 4.36. The molecule has 0 amide bonds. The van der Waals surface area contributed by atoms with E-state index in [0.29, 0.717) is 6.54 Å². The molecular weight excluding hydrogens is 244 g/mol. The second-order valence-corrected chi connectivity index (χ2v) is 4.58. The summed E-state index contributed by atoms with van der Waals surface area (Å²) in [5, 5.41) is 0. The summed E-state index contributed by atoms with van der Waals surface area (Å²) in [6.45, 7) is 4.29. The zero-order valence-corrected chi connectivity index (χ0v) is 11.7. The lowest BCUT2D eigenvalue weighted by molar-refractivity contribution is 0.950. The molecule has 20 heavy (non-hydrogen) atoms. The minimum Gasteiger partial charge on any atom is -0.279 e. The highest BCUT2D eigenvalue weighted by molar-refractivity contribution is 6.04. The zero-order valence-electron chi connectivity index (χ0n) is 11.7. The Labute approximate surface area is 121 Å². The third-order valence-corrected chi connectivity index (χ3v) is 3.08. The van der Waals surface area contributed by atoms with Crippen LogP contribution in [0, 0.1) is 0 Å². The van der Waals surface area contributed by atoms with Crippen molar-refractivity contribution >= 4 is 11.9 Å². The van der Waals surface area contributed by atoms with Crippen LogP contribution >= 0.6 is 0 Å². The monoisotopic (exact) mass is 264 g/mol. The fourth-order valence-electron chi connectivity index (χ4n) is 2.05. The molecule has 0 spiro atoms. The fraction of sp³-hybridized carbons (Fsp3) is 0.222. The molecule has 2 aliphatic rings. The normalized spacial score (nSPS) is 22.7. The van der Waals surface area contributed by atoms with Crippen molar-refractivity contribution in [2.24, 2.45) is 9.98 Å². The van der Waals surface area contributed by atoms with E-state index in [2.05, 4.69) is 40.9 Å². The van der Waals surface area contributed by atoms with Crippen LogP contribution in [-0.4, -0.2) is 18.5 Å². The summed E-state index contributed by atoms with van der Waals surface area (Å²) in [6.07, 6.45) is 23.2. The highest BCUT2D eigenvalue weighted by atomic mass is 14.8. The van der Waals surface area contributed by atoms with Crippen molar-refractivity contribution in [3.8, 4) is 0 Å². The first-order valence-corrected chi connectivity index (χ1v) is 6.98. The molecule has 2 heterocycles. The maximum absolute atomic E-state index is 4.64. The summed E-state index contributed by atoms with van der Waals surface area (Å²) in [5.41, 5.74) is 3.39. The molecule has 0 atom stereocenters. The van der Waals surface area contributed by atoms with Crippen molar-refractivity contribution in [3.05, 3.63) is 72.5 Å². The molecule has 0 aliphatic carbocycles. The number of allylic oxidation sites excluding steroid dienone is 10. The van der Waals surface area contributed by atoms with Crippen molar-refractivity contribution in [2.75, 3.05) is 6.54 Å². The van der Waals surface area contributed by atoms with Crippen LogP contribution in [0.3, 0.4) is 0 Å². The van der Waals surface area contributed by atoms with Gasteiger partial charge in [-0.05, 0) is 37.0 Å². The van der Waals surface area contributed by atoms with Gasteiger partial charge in [0.25, 0.3) is 0 Å². The van der Waals surface area contributed by atoms with Crippen molar-refractivity contribution in [3.63, 3.8) is 0 Å². The first kappa shape index (κ1) is 14.2. The SMILES string of the molecule is C=C/C=C\C=C\C1=NCC2=C(/C=C\C/C=C\1)CCC=N2. The number of hydrogen-bond donors (Lipinski definition) is 0. The van der Waals surface area contributed by atoms with Crippen LogP contribution in [0.25, 0.3) is 0 Å². The van der Waals surface area contributed by atoms with Gasteiger partial charge in [-0.25, -0.2) is 0 Å². The van der Waals surface area contributed by atoms with Gasteiger partial charge in [-0.2, -0.15) is 0 Å². The maximum Gasteiger partial charge on any atom is 0.0821 e. The summed E-state index contributed by atoms with van der Waals surface area (Å²) in [5.74, 6) is 0. The Hall–Kier alpha value is -2.22. The summed E-state index contributed by atoms with van der Waals surface area (Å²) < 4.78 is 0. The van der Waals surface area contributed by atoms with E-state index in [-0.39, 0.29) is 0 Å². The van der Waals surface area contributed by atoms with Gasteiger partial charge in [0.15, 0.2) is 0 Å². The van der Waals surface area contributed by atoms with Crippen molar-refractivity contribution in [2.45, 2.75) is 19.3 Å².